The number of carbonyl (C=O) groups is 2. The summed E-state index contributed by atoms with van der Waals surface area (Å²) in [5.41, 5.74) is 2.80. The van der Waals surface area contributed by atoms with Crippen LogP contribution in [0.25, 0.3) is 0 Å². The molecule has 0 heterocycles. The third-order valence-corrected chi connectivity index (χ3v) is 9.45. The van der Waals surface area contributed by atoms with Gasteiger partial charge in [0.1, 0.15) is 12.6 Å². The van der Waals surface area contributed by atoms with Gasteiger partial charge in [0.2, 0.25) is 11.8 Å². The number of hydrogen-bond donors (Lipinski definition) is 1. The van der Waals surface area contributed by atoms with Crippen molar-refractivity contribution in [3.05, 3.63) is 81.8 Å². The van der Waals surface area contributed by atoms with Crippen LogP contribution < -0.4 is 19.1 Å². The zero-order valence-corrected chi connectivity index (χ0v) is 28.1. The second kappa shape index (κ2) is 14.7. The van der Waals surface area contributed by atoms with E-state index >= 15 is 0 Å². The number of sulfonamides is 1. The highest BCUT2D eigenvalue weighted by atomic mass is 79.9. The molecule has 0 saturated carbocycles. The fraction of sp³-hybridized carbons (Fsp3) is 0.375. The van der Waals surface area contributed by atoms with E-state index in [1.807, 2.05) is 58.0 Å². The number of hydrogen-bond acceptors (Lipinski definition) is 6. The first kappa shape index (κ1) is 33.9. The normalized spacial score (nSPS) is 12.7. The number of carbonyl (C=O) groups excluding carboxylic acids is 2. The summed E-state index contributed by atoms with van der Waals surface area (Å²) in [5.74, 6) is -0.238. The van der Waals surface area contributed by atoms with Gasteiger partial charge < -0.3 is 19.7 Å². The lowest BCUT2D eigenvalue weighted by Crippen LogP contribution is -2.52. The first-order valence-electron chi connectivity index (χ1n) is 14.0. The van der Waals surface area contributed by atoms with Crippen LogP contribution in [-0.2, 0) is 26.2 Å². The Kier molecular flexibility index (Phi) is 11.6. The molecule has 0 bridgehead atoms. The van der Waals surface area contributed by atoms with Crippen molar-refractivity contribution in [3.63, 3.8) is 0 Å². The van der Waals surface area contributed by atoms with Crippen LogP contribution in [-0.4, -0.2) is 58.0 Å². The van der Waals surface area contributed by atoms with Crippen molar-refractivity contribution in [2.45, 2.75) is 64.6 Å². The molecule has 0 radical (unpaired) electrons. The molecular weight excluding hydrogens is 634 g/mol. The van der Waals surface area contributed by atoms with E-state index in [2.05, 4.69) is 21.2 Å². The van der Waals surface area contributed by atoms with Gasteiger partial charge in [0.25, 0.3) is 10.0 Å². The van der Waals surface area contributed by atoms with Crippen molar-refractivity contribution < 1.29 is 27.5 Å². The first-order valence-corrected chi connectivity index (χ1v) is 16.2. The van der Waals surface area contributed by atoms with Crippen molar-refractivity contribution in [1.82, 2.24) is 10.2 Å². The standard InChI is InChI=1S/C32H40BrN3O6S/c1-8-23(4)34-32(38)24(5)35(19-25-9-11-26(33)12-10-25)31(37)20-36(27-16-21(2)15-22(3)17-27)43(39,40)28-13-14-29(41-6)30(18-28)42-7/h9-18,23-24H,8,19-20H2,1-7H3,(H,34,38)/t23-,24-/m0/s1. The van der Waals surface area contributed by atoms with Crippen LogP contribution in [0, 0.1) is 13.8 Å². The molecule has 232 valence electrons. The number of amides is 2. The Hall–Kier alpha value is -3.57. The lowest BCUT2D eigenvalue weighted by molar-refractivity contribution is -0.139. The molecule has 0 aromatic heterocycles. The molecular formula is C32H40BrN3O6S. The van der Waals surface area contributed by atoms with Gasteiger partial charge in [-0.15, -0.1) is 0 Å². The molecule has 2 amide bonds. The summed E-state index contributed by atoms with van der Waals surface area (Å²) in [6, 6.07) is 16.1. The van der Waals surface area contributed by atoms with Crippen LogP contribution in [0.4, 0.5) is 5.69 Å². The summed E-state index contributed by atoms with van der Waals surface area (Å²) in [7, 11) is -1.39. The van der Waals surface area contributed by atoms with E-state index in [9.17, 15) is 18.0 Å². The Morgan fingerprint density at radius 1 is 0.907 bits per heavy atom. The van der Waals surface area contributed by atoms with E-state index in [-0.39, 0.29) is 29.1 Å². The number of aryl methyl sites for hydroxylation is 2. The van der Waals surface area contributed by atoms with E-state index in [1.165, 1.54) is 37.3 Å². The minimum Gasteiger partial charge on any atom is -0.493 e. The first-order chi connectivity index (χ1) is 20.3. The molecule has 0 aliphatic carbocycles. The Morgan fingerprint density at radius 3 is 2.07 bits per heavy atom. The van der Waals surface area contributed by atoms with E-state index in [4.69, 9.17) is 9.47 Å². The number of rotatable bonds is 13. The van der Waals surface area contributed by atoms with Gasteiger partial charge in [0.15, 0.2) is 11.5 Å². The number of nitrogens with one attached hydrogen (secondary N) is 1. The maximum atomic E-state index is 14.2. The molecule has 3 aromatic carbocycles. The number of halogens is 1. The Morgan fingerprint density at radius 2 is 1.51 bits per heavy atom. The summed E-state index contributed by atoms with van der Waals surface area (Å²) in [6.07, 6.45) is 0.725. The third-order valence-electron chi connectivity index (χ3n) is 7.15. The fourth-order valence-electron chi connectivity index (χ4n) is 4.56. The molecule has 2 atom stereocenters. The van der Waals surface area contributed by atoms with Gasteiger partial charge in [0, 0.05) is 23.1 Å². The molecule has 0 aliphatic rings. The number of ether oxygens (including phenoxy) is 2. The Balaban J connectivity index is 2.10. The smallest absolute Gasteiger partial charge is 0.264 e. The van der Waals surface area contributed by atoms with Gasteiger partial charge in [-0.05, 0) is 87.2 Å². The number of anilines is 1. The quantitative estimate of drug-likeness (QED) is 0.253. The van der Waals surface area contributed by atoms with Crippen molar-refractivity contribution in [3.8, 4) is 11.5 Å². The molecule has 3 rings (SSSR count). The second-order valence-electron chi connectivity index (χ2n) is 10.5. The van der Waals surface area contributed by atoms with Gasteiger partial charge >= 0.3 is 0 Å². The van der Waals surface area contributed by atoms with Crippen LogP contribution in [0.1, 0.15) is 43.9 Å². The van der Waals surface area contributed by atoms with Gasteiger partial charge in [-0.25, -0.2) is 8.42 Å². The molecule has 0 unspecified atom stereocenters. The third kappa shape index (κ3) is 8.51. The van der Waals surface area contributed by atoms with E-state index in [0.717, 1.165) is 31.9 Å². The van der Waals surface area contributed by atoms with Gasteiger partial charge in [-0.1, -0.05) is 41.1 Å². The molecule has 3 aromatic rings. The SMILES string of the molecule is CC[C@H](C)NC(=O)[C@H](C)N(Cc1ccc(Br)cc1)C(=O)CN(c1cc(C)cc(C)c1)S(=O)(=O)c1ccc(OC)c(OC)c1. The molecule has 9 nitrogen and oxygen atoms in total. The fourth-order valence-corrected chi connectivity index (χ4v) is 6.24. The van der Waals surface area contributed by atoms with Gasteiger partial charge in [-0.3, -0.25) is 13.9 Å². The largest absolute Gasteiger partial charge is 0.493 e. The van der Waals surface area contributed by atoms with Crippen LogP contribution in [0.3, 0.4) is 0 Å². The topological polar surface area (TPSA) is 105 Å². The lowest BCUT2D eigenvalue weighted by atomic mass is 10.1. The van der Waals surface area contributed by atoms with Gasteiger partial charge in [-0.2, -0.15) is 0 Å². The van der Waals surface area contributed by atoms with Crippen LogP contribution in [0.15, 0.2) is 70.0 Å². The average Bonchev–Trinajstić information content (AvgIpc) is 2.97. The predicted octanol–water partition coefficient (Wildman–Crippen LogP) is 5.61. The van der Waals surface area contributed by atoms with E-state index in [1.54, 1.807) is 19.1 Å². The zero-order chi connectivity index (χ0) is 31.9. The van der Waals surface area contributed by atoms with Crippen LogP contribution in [0.2, 0.25) is 0 Å². The molecule has 0 fully saturated rings. The highest BCUT2D eigenvalue weighted by Gasteiger charge is 2.33. The molecule has 0 spiro atoms. The van der Waals surface area contributed by atoms with Crippen molar-refractivity contribution in [1.29, 1.82) is 0 Å². The van der Waals surface area contributed by atoms with Crippen molar-refractivity contribution in [2.24, 2.45) is 0 Å². The van der Waals surface area contributed by atoms with Crippen molar-refractivity contribution >= 4 is 43.5 Å². The summed E-state index contributed by atoms with van der Waals surface area (Å²) in [6.45, 7) is 8.80. The molecule has 43 heavy (non-hydrogen) atoms. The monoisotopic (exact) mass is 673 g/mol. The maximum absolute atomic E-state index is 14.2. The summed E-state index contributed by atoms with van der Waals surface area (Å²) in [4.78, 5) is 28.7. The van der Waals surface area contributed by atoms with Crippen LogP contribution in [0.5, 0.6) is 11.5 Å². The number of nitrogens with zero attached hydrogens (tertiary/aromatic N) is 2. The minimum absolute atomic E-state index is 0.0702. The van der Waals surface area contributed by atoms with Gasteiger partial charge in [0.05, 0.1) is 24.8 Å². The summed E-state index contributed by atoms with van der Waals surface area (Å²) >= 11 is 3.43. The second-order valence-corrected chi connectivity index (χ2v) is 13.3. The predicted molar refractivity (Wildman–Crippen MR) is 172 cm³/mol. The number of methoxy groups -OCH3 is 2. The minimum atomic E-state index is -4.28. The van der Waals surface area contributed by atoms with Crippen LogP contribution >= 0.6 is 15.9 Å². The van der Waals surface area contributed by atoms with E-state index < -0.39 is 28.5 Å². The molecule has 0 saturated heterocycles. The maximum Gasteiger partial charge on any atom is 0.264 e. The van der Waals surface area contributed by atoms with Crippen molar-refractivity contribution in [2.75, 3.05) is 25.1 Å². The molecule has 1 N–H and O–H groups in total. The average molecular weight is 675 g/mol. The highest BCUT2D eigenvalue weighted by molar-refractivity contribution is 9.10. The molecule has 11 heteroatoms. The van der Waals surface area contributed by atoms with E-state index in [0.29, 0.717) is 11.4 Å². The lowest BCUT2D eigenvalue weighted by Gasteiger charge is -2.32. The summed E-state index contributed by atoms with van der Waals surface area (Å²) < 4.78 is 41.1. The Labute approximate surface area is 263 Å². The number of benzene rings is 3. The molecule has 0 aliphatic heterocycles. The zero-order valence-electron chi connectivity index (χ0n) is 25.7. The Bertz CT molecular complexity index is 1520. The summed E-state index contributed by atoms with van der Waals surface area (Å²) in [5, 5.41) is 2.94. The highest BCUT2D eigenvalue weighted by Crippen LogP contribution is 2.33.